The molecule has 0 spiro atoms. The highest BCUT2D eigenvalue weighted by Crippen LogP contribution is 2.27. The summed E-state index contributed by atoms with van der Waals surface area (Å²) in [5.74, 6) is 0.158. The third-order valence-corrected chi connectivity index (χ3v) is 4.17. The molecule has 2 aromatic heterocycles. The number of carbonyl (C=O) groups is 1. The van der Waals surface area contributed by atoms with Crippen LogP contribution in [0.5, 0.6) is 0 Å². The van der Waals surface area contributed by atoms with E-state index in [1.54, 1.807) is 12.1 Å². The number of aromatic nitrogens is 3. The highest BCUT2D eigenvalue weighted by atomic mass is 16.4. The number of nitrogens with zero attached hydrogens (tertiary/aromatic N) is 4. The van der Waals surface area contributed by atoms with Gasteiger partial charge in [-0.05, 0) is 31.9 Å². The maximum atomic E-state index is 11.2. The smallest absolute Gasteiger partial charge is 0.352 e. The monoisotopic (exact) mass is 288 g/mol. The standard InChI is InChI=1S/C15H20N4O2/c1-2-17-11-7-16-15(17)18-9-5-12(6-10-18)19-8-3-4-13(19)14(20)21/h3-4,7-8,11-12H,2,5-6,9-10H2,1H3,(H,20,21). The zero-order valence-electron chi connectivity index (χ0n) is 12.1. The highest BCUT2D eigenvalue weighted by Gasteiger charge is 2.25. The molecular formula is C15H20N4O2. The van der Waals surface area contributed by atoms with E-state index >= 15 is 0 Å². The molecule has 0 bridgehead atoms. The zero-order chi connectivity index (χ0) is 14.8. The molecule has 2 aromatic rings. The molecule has 3 rings (SSSR count). The second-order valence-corrected chi connectivity index (χ2v) is 5.34. The number of carboxylic acid groups (broad SMARTS) is 1. The van der Waals surface area contributed by atoms with Gasteiger partial charge in [-0.15, -0.1) is 0 Å². The third-order valence-electron chi connectivity index (χ3n) is 4.17. The van der Waals surface area contributed by atoms with Crippen molar-refractivity contribution in [3.05, 3.63) is 36.4 Å². The Morgan fingerprint density at radius 3 is 2.81 bits per heavy atom. The minimum absolute atomic E-state index is 0.257. The average molecular weight is 288 g/mol. The summed E-state index contributed by atoms with van der Waals surface area (Å²) in [5, 5.41) is 9.21. The Morgan fingerprint density at radius 1 is 1.38 bits per heavy atom. The minimum atomic E-state index is -0.857. The van der Waals surface area contributed by atoms with Crippen molar-refractivity contribution in [2.24, 2.45) is 0 Å². The topological polar surface area (TPSA) is 63.3 Å². The molecule has 1 saturated heterocycles. The Hall–Kier alpha value is -2.24. The molecular weight excluding hydrogens is 268 g/mol. The van der Waals surface area contributed by atoms with E-state index in [4.69, 9.17) is 0 Å². The molecule has 1 aliphatic heterocycles. The van der Waals surface area contributed by atoms with Gasteiger partial charge in [0, 0.05) is 44.3 Å². The zero-order valence-corrected chi connectivity index (χ0v) is 12.1. The Balaban J connectivity index is 1.70. The Labute approximate surface area is 123 Å². The van der Waals surface area contributed by atoms with Gasteiger partial charge in [-0.25, -0.2) is 9.78 Å². The van der Waals surface area contributed by atoms with Crippen LogP contribution >= 0.6 is 0 Å². The van der Waals surface area contributed by atoms with Gasteiger partial charge >= 0.3 is 5.97 Å². The van der Waals surface area contributed by atoms with Crippen LogP contribution in [-0.2, 0) is 6.54 Å². The van der Waals surface area contributed by atoms with Crippen LogP contribution in [0.15, 0.2) is 30.7 Å². The maximum absolute atomic E-state index is 11.2. The summed E-state index contributed by atoms with van der Waals surface area (Å²) in [4.78, 5) is 17.9. The Kier molecular flexibility index (Phi) is 3.68. The average Bonchev–Trinajstić information content (AvgIpc) is 3.16. The van der Waals surface area contributed by atoms with E-state index in [1.807, 2.05) is 23.2 Å². The molecule has 0 amide bonds. The van der Waals surface area contributed by atoms with E-state index in [0.717, 1.165) is 38.4 Å². The molecule has 1 fully saturated rings. The third kappa shape index (κ3) is 2.53. The first-order valence-corrected chi connectivity index (χ1v) is 7.37. The van der Waals surface area contributed by atoms with Crippen molar-refractivity contribution in [3.63, 3.8) is 0 Å². The number of hydrogen-bond donors (Lipinski definition) is 1. The lowest BCUT2D eigenvalue weighted by Crippen LogP contribution is -2.36. The van der Waals surface area contributed by atoms with Crippen LogP contribution in [0.25, 0.3) is 0 Å². The van der Waals surface area contributed by atoms with Crippen molar-refractivity contribution >= 4 is 11.9 Å². The van der Waals surface area contributed by atoms with Gasteiger partial charge in [-0.1, -0.05) is 0 Å². The van der Waals surface area contributed by atoms with Crippen molar-refractivity contribution in [2.45, 2.75) is 32.4 Å². The molecule has 6 nitrogen and oxygen atoms in total. The number of hydrogen-bond acceptors (Lipinski definition) is 3. The summed E-state index contributed by atoms with van der Waals surface area (Å²) in [6.07, 6.45) is 7.57. The van der Waals surface area contributed by atoms with Crippen LogP contribution in [0.3, 0.4) is 0 Å². The molecule has 0 unspecified atom stereocenters. The molecule has 0 radical (unpaired) electrons. The molecule has 1 aliphatic rings. The van der Waals surface area contributed by atoms with Crippen LogP contribution in [0.4, 0.5) is 5.95 Å². The molecule has 6 heteroatoms. The number of piperidine rings is 1. The number of imidazole rings is 1. The summed E-state index contributed by atoms with van der Waals surface area (Å²) in [7, 11) is 0. The minimum Gasteiger partial charge on any atom is -0.477 e. The molecule has 0 atom stereocenters. The van der Waals surface area contributed by atoms with Crippen LogP contribution in [0.2, 0.25) is 0 Å². The van der Waals surface area contributed by atoms with Crippen LogP contribution in [0, 0.1) is 0 Å². The molecule has 112 valence electrons. The molecule has 3 heterocycles. The number of carboxylic acids is 1. The maximum Gasteiger partial charge on any atom is 0.352 e. The normalized spacial score (nSPS) is 16.3. The molecule has 0 aliphatic carbocycles. The predicted octanol–water partition coefficient (Wildman–Crippen LogP) is 2.24. The second-order valence-electron chi connectivity index (χ2n) is 5.34. The summed E-state index contributed by atoms with van der Waals surface area (Å²) < 4.78 is 4.03. The van der Waals surface area contributed by atoms with Gasteiger partial charge in [0.25, 0.3) is 0 Å². The lowest BCUT2D eigenvalue weighted by atomic mass is 10.0. The SMILES string of the molecule is CCn1ccnc1N1CCC(n2cccc2C(=O)O)CC1. The largest absolute Gasteiger partial charge is 0.477 e. The van der Waals surface area contributed by atoms with Crippen molar-refractivity contribution in [3.8, 4) is 0 Å². The van der Waals surface area contributed by atoms with Gasteiger partial charge in [0.1, 0.15) is 5.69 Å². The quantitative estimate of drug-likeness (QED) is 0.937. The van der Waals surface area contributed by atoms with Gasteiger partial charge in [0.05, 0.1) is 0 Å². The van der Waals surface area contributed by atoms with Crippen LogP contribution in [-0.4, -0.2) is 38.3 Å². The molecule has 21 heavy (non-hydrogen) atoms. The van der Waals surface area contributed by atoms with Crippen molar-refractivity contribution in [1.29, 1.82) is 0 Å². The summed E-state index contributed by atoms with van der Waals surface area (Å²) in [6, 6.07) is 3.73. The van der Waals surface area contributed by atoms with Gasteiger partial charge in [0.15, 0.2) is 0 Å². The number of aromatic carboxylic acids is 1. The first-order chi connectivity index (χ1) is 10.2. The fourth-order valence-corrected chi connectivity index (χ4v) is 3.07. The molecule has 1 N–H and O–H groups in total. The predicted molar refractivity (Wildman–Crippen MR) is 79.8 cm³/mol. The van der Waals surface area contributed by atoms with Crippen LogP contribution < -0.4 is 4.90 Å². The number of aryl methyl sites for hydroxylation is 1. The van der Waals surface area contributed by atoms with E-state index in [0.29, 0.717) is 5.69 Å². The lowest BCUT2D eigenvalue weighted by molar-refractivity contribution is 0.0681. The highest BCUT2D eigenvalue weighted by molar-refractivity contribution is 5.85. The lowest BCUT2D eigenvalue weighted by Gasteiger charge is -2.34. The van der Waals surface area contributed by atoms with E-state index in [9.17, 15) is 9.90 Å². The molecule has 0 saturated carbocycles. The number of rotatable bonds is 4. The first-order valence-electron chi connectivity index (χ1n) is 7.37. The summed E-state index contributed by atoms with van der Waals surface area (Å²) in [6.45, 7) is 4.82. The second kappa shape index (κ2) is 5.63. The number of anilines is 1. The molecule has 0 aromatic carbocycles. The summed E-state index contributed by atoms with van der Waals surface area (Å²) in [5.41, 5.74) is 0.378. The first kappa shape index (κ1) is 13.7. The van der Waals surface area contributed by atoms with Crippen molar-refractivity contribution in [1.82, 2.24) is 14.1 Å². The summed E-state index contributed by atoms with van der Waals surface area (Å²) >= 11 is 0. The van der Waals surface area contributed by atoms with Gasteiger partial charge in [-0.2, -0.15) is 0 Å². The fourth-order valence-electron chi connectivity index (χ4n) is 3.07. The fraction of sp³-hybridized carbons (Fsp3) is 0.467. The van der Waals surface area contributed by atoms with E-state index in [1.165, 1.54) is 0 Å². The van der Waals surface area contributed by atoms with Gasteiger partial charge < -0.3 is 19.1 Å². The van der Waals surface area contributed by atoms with Gasteiger partial charge in [-0.3, -0.25) is 0 Å². The van der Waals surface area contributed by atoms with Crippen LogP contribution in [0.1, 0.15) is 36.3 Å². The van der Waals surface area contributed by atoms with Gasteiger partial charge in [0.2, 0.25) is 5.95 Å². The van der Waals surface area contributed by atoms with Crippen molar-refractivity contribution in [2.75, 3.05) is 18.0 Å². The van der Waals surface area contributed by atoms with E-state index in [-0.39, 0.29) is 6.04 Å². The Bertz CT molecular complexity index is 623. The van der Waals surface area contributed by atoms with Crippen molar-refractivity contribution < 1.29 is 9.90 Å². The van der Waals surface area contributed by atoms with E-state index < -0.39 is 5.97 Å². The van der Waals surface area contributed by atoms with E-state index in [2.05, 4.69) is 21.4 Å². The Morgan fingerprint density at radius 2 is 2.14 bits per heavy atom.